The lowest BCUT2D eigenvalue weighted by Gasteiger charge is -2.27. The van der Waals surface area contributed by atoms with Gasteiger partial charge in [-0.2, -0.15) is 0 Å². The number of nitrogen functional groups attached to an aromatic ring is 1. The van der Waals surface area contributed by atoms with Crippen molar-refractivity contribution in [3.05, 3.63) is 39.1 Å². The van der Waals surface area contributed by atoms with Gasteiger partial charge in [-0.05, 0) is 24.6 Å². The molecule has 0 saturated heterocycles. The van der Waals surface area contributed by atoms with Crippen LogP contribution in [0.3, 0.4) is 0 Å². The minimum atomic E-state index is -0.257. The number of anilines is 1. The van der Waals surface area contributed by atoms with Gasteiger partial charge in [-0.25, -0.2) is 9.97 Å². The lowest BCUT2D eigenvalue weighted by atomic mass is 9.94. The van der Waals surface area contributed by atoms with Crippen LogP contribution in [-0.2, 0) is 6.42 Å². The van der Waals surface area contributed by atoms with Crippen LogP contribution in [0.1, 0.15) is 33.4 Å². The van der Waals surface area contributed by atoms with Gasteiger partial charge in [-0.1, -0.05) is 15.9 Å². The molecule has 0 bridgehead atoms. The molecule has 1 aliphatic rings. The molecule has 1 aromatic carbocycles. The van der Waals surface area contributed by atoms with E-state index in [4.69, 9.17) is 15.2 Å². The fourth-order valence-corrected chi connectivity index (χ4v) is 3.50. The Balaban J connectivity index is 2.05. The SMILES string of the molecule is COc1cc(Br)c(C2Cc3nc(N)nc(C)c3C(=O)N2)cc1OC. The van der Waals surface area contributed by atoms with Crippen molar-refractivity contribution in [3.8, 4) is 11.5 Å². The van der Waals surface area contributed by atoms with E-state index < -0.39 is 0 Å². The first-order valence-corrected chi connectivity index (χ1v) is 8.09. The molecule has 1 aliphatic heterocycles. The van der Waals surface area contributed by atoms with Crippen LogP contribution in [-0.4, -0.2) is 30.1 Å². The number of nitrogens with zero attached hydrogens (tertiary/aromatic N) is 2. The minimum Gasteiger partial charge on any atom is -0.493 e. The monoisotopic (exact) mass is 392 g/mol. The van der Waals surface area contributed by atoms with Gasteiger partial charge in [0.1, 0.15) is 0 Å². The van der Waals surface area contributed by atoms with Crippen LogP contribution >= 0.6 is 15.9 Å². The number of carbonyl (C=O) groups is 1. The summed E-state index contributed by atoms with van der Waals surface area (Å²) in [6.45, 7) is 1.75. The molecule has 1 aromatic heterocycles. The Kier molecular flexibility index (Phi) is 4.31. The molecule has 0 aliphatic carbocycles. The summed E-state index contributed by atoms with van der Waals surface area (Å²) in [6, 6.07) is 3.40. The predicted molar refractivity (Wildman–Crippen MR) is 92.3 cm³/mol. The normalized spacial score (nSPS) is 16.3. The zero-order valence-electron chi connectivity index (χ0n) is 13.5. The number of amides is 1. The number of benzene rings is 1. The number of halogens is 1. The first-order chi connectivity index (χ1) is 11.4. The van der Waals surface area contributed by atoms with E-state index in [2.05, 4.69) is 31.2 Å². The van der Waals surface area contributed by atoms with Crippen molar-refractivity contribution >= 4 is 27.8 Å². The number of fused-ring (bicyclic) bond motifs is 1. The smallest absolute Gasteiger partial charge is 0.255 e. The van der Waals surface area contributed by atoms with E-state index in [-0.39, 0.29) is 17.9 Å². The number of aromatic nitrogens is 2. The summed E-state index contributed by atoms with van der Waals surface area (Å²) in [5.74, 6) is 1.17. The van der Waals surface area contributed by atoms with E-state index in [1.807, 2.05) is 12.1 Å². The zero-order valence-corrected chi connectivity index (χ0v) is 15.1. The Bertz CT molecular complexity index is 825. The third-order valence-electron chi connectivity index (χ3n) is 3.99. The van der Waals surface area contributed by atoms with Crippen LogP contribution in [0.5, 0.6) is 11.5 Å². The Morgan fingerprint density at radius 3 is 2.58 bits per heavy atom. The Labute approximate surface area is 147 Å². The first-order valence-electron chi connectivity index (χ1n) is 7.29. The number of hydrogen-bond acceptors (Lipinski definition) is 6. The Hall–Kier alpha value is -2.35. The maximum absolute atomic E-state index is 12.5. The van der Waals surface area contributed by atoms with Gasteiger partial charge >= 0.3 is 0 Å². The molecule has 0 spiro atoms. The van der Waals surface area contributed by atoms with E-state index in [1.165, 1.54) is 0 Å². The van der Waals surface area contributed by atoms with Crippen LogP contribution in [0.2, 0.25) is 0 Å². The molecule has 2 aromatic rings. The van der Waals surface area contributed by atoms with Crippen molar-refractivity contribution in [1.82, 2.24) is 15.3 Å². The molecule has 3 rings (SSSR count). The first kappa shape index (κ1) is 16.5. The average Bonchev–Trinajstić information content (AvgIpc) is 2.53. The molecule has 1 unspecified atom stereocenters. The number of nitrogens with one attached hydrogen (secondary N) is 1. The highest BCUT2D eigenvalue weighted by Crippen LogP contribution is 2.38. The standard InChI is InChI=1S/C16H17BrN4O3/c1-7-14-11(21-16(18)19-7)6-10(20-15(14)22)8-4-12(23-2)13(24-3)5-9(8)17/h4-5,10H,6H2,1-3H3,(H,20,22)(H2,18,19,21). The molecule has 0 radical (unpaired) electrons. The van der Waals surface area contributed by atoms with Crippen molar-refractivity contribution in [2.75, 3.05) is 20.0 Å². The van der Waals surface area contributed by atoms with Gasteiger partial charge in [0.2, 0.25) is 5.95 Å². The molecular weight excluding hydrogens is 376 g/mol. The highest BCUT2D eigenvalue weighted by molar-refractivity contribution is 9.10. The van der Waals surface area contributed by atoms with Crippen LogP contribution in [0.25, 0.3) is 0 Å². The van der Waals surface area contributed by atoms with E-state index in [9.17, 15) is 4.79 Å². The third kappa shape index (κ3) is 2.77. The van der Waals surface area contributed by atoms with Crippen molar-refractivity contribution in [2.24, 2.45) is 0 Å². The molecule has 3 N–H and O–H groups in total. The second kappa shape index (κ2) is 6.27. The summed E-state index contributed by atoms with van der Waals surface area (Å²) in [7, 11) is 3.15. The topological polar surface area (TPSA) is 99.4 Å². The summed E-state index contributed by atoms with van der Waals surface area (Å²) >= 11 is 3.53. The summed E-state index contributed by atoms with van der Waals surface area (Å²) < 4.78 is 11.5. The van der Waals surface area contributed by atoms with E-state index in [0.29, 0.717) is 34.9 Å². The Morgan fingerprint density at radius 1 is 1.25 bits per heavy atom. The van der Waals surface area contributed by atoms with E-state index in [0.717, 1.165) is 10.0 Å². The van der Waals surface area contributed by atoms with Crippen LogP contribution in [0.15, 0.2) is 16.6 Å². The molecule has 126 valence electrons. The quantitative estimate of drug-likeness (QED) is 0.830. The van der Waals surface area contributed by atoms with Gasteiger partial charge in [0.15, 0.2) is 11.5 Å². The zero-order chi connectivity index (χ0) is 17.4. The molecule has 0 fully saturated rings. The van der Waals surface area contributed by atoms with Gasteiger partial charge in [0, 0.05) is 10.9 Å². The number of rotatable bonds is 3. The lowest BCUT2D eigenvalue weighted by Crippen LogP contribution is -2.37. The van der Waals surface area contributed by atoms with Crippen molar-refractivity contribution in [2.45, 2.75) is 19.4 Å². The fraction of sp³-hybridized carbons (Fsp3) is 0.312. The van der Waals surface area contributed by atoms with Crippen LogP contribution in [0.4, 0.5) is 5.95 Å². The maximum Gasteiger partial charge on any atom is 0.255 e. The van der Waals surface area contributed by atoms with Crippen molar-refractivity contribution in [1.29, 1.82) is 0 Å². The highest BCUT2D eigenvalue weighted by atomic mass is 79.9. The summed E-state index contributed by atoms with van der Waals surface area (Å²) in [4.78, 5) is 20.8. The molecule has 0 saturated carbocycles. The molecule has 1 atom stereocenters. The number of hydrogen-bond donors (Lipinski definition) is 2. The minimum absolute atomic E-state index is 0.172. The summed E-state index contributed by atoms with van der Waals surface area (Å²) in [5.41, 5.74) is 8.33. The number of aryl methyl sites for hydroxylation is 1. The lowest BCUT2D eigenvalue weighted by molar-refractivity contribution is 0.0922. The molecule has 24 heavy (non-hydrogen) atoms. The van der Waals surface area contributed by atoms with E-state index >= 15 is 0 Å². The summed E-state index contributed by atoms with van der Waals surface area (Å²) in [5, 5.41) is 2.99. The molecule has 1 amide bonds. The highest BCUT2D eigenvalue weighted by Gasteiger charge is 2.30. The van der Waals surface area contributed by atoms with E-state index in [1.54, 1.807) is 21.1 Å². The number of carbonyl (C=O) groups excluding carboxylic acids is 1. The number of methoxy groups -OCH3 is 2. The molecule has 2 heterocycles. The van der Waals surface area contributed by atoms with Crippen LogP contribution in [0, 0.1) is 6.92 Å². The van der Waals surface area contributed by atoms with Crippen LogP contribution < -0.4 is 20.5 Å². The van der Waals surface area contributed by atoms with Gasteiger partial charge in [0.05, 0.1) is 37.2 Å². The molecular formula is C16H17BrN4O3. The second-order valence-electron chi connectivity index (χ2n) is 5.45. The van der Waals surface area contributed by atoms with Crippen molar-refractivity contribution < 1.29 is 14.3 Å². The maximum atomic E-state index is 12.5. The Morgan fingerprint density at radius 2 is 1.92 bits per heavy atom. The number of ether oxygens (including phenoxy) is 2. The van der Waals surface area contributed by atoms with Gasteiger partial charge in [-0.15, -0.1) is 0 Å². The fourth-order valence-electron chi connectivity index (χ4n) is 2.90. The van der Waals surface area contributed by atoms with Crippen molar-refractivity contribution in [3.63, 3.8) is 0 Å². The van der Waals surface area contributed by atoms with Gasteiger partial charge in [0.25, 0.3) is 5.91 Å². The predicted octanol–water partition coefficient (Wildman–Crippen LogP) is 2.17. The molecule has 8 heteroatoms. The molecule has 7 nitrogen and oxygen atoms in total. The van der Waals surface area contributed by atoms with Gasteiger partial charge in [-0.3, -0.25) is 4.79 Å². The number of nitrogens with two attached hydrogens (primary N) is 1. The third-order valence-corrected chi connectivity index (χ3v) is 4.68. The second-order valence-corrected chi connectivity index (χ2v) is 6.30. The summed E-state index contributed by atoms with van der Waals surface area (Å²) in [6.07, 6.45) is 0.517. The van der Waals surface area contributed by atoms with Gasteiger partial charge < -0.3 is 20.5 Å². The largest absolute Gasteiger partial charge is 0.493 e. The average molecular weight is 393 g/mol.